The fourth-order valence-electron chi connectivity index (χ4n) is 3.36. The normalized spacial score (nSPS) is 26.5. The average molecular weight is 392 g/mol. The molecule has 2 aliphatic heterocycles. The summed E-state index contributed by atoms with van der Waals surface area (Å²) in [6.45, 7) is 6.44. The zero-order chi connectivity index (χ0) is 18.6. The van der Waals surface area contributed by atoms with Crippen LogP contribution in [0.5, 0.6) is 0 Å². The maximum Gasteiger partial charge on any atom is 0.249 e. The number of anilines is 2. The molecule has 4 rings (SSSR count). The van der Waals surface area contributed by atoms with Gasteiger partial charge in [-0.3, -0.25) is 9.59 Å². The van der Waals surface area contributed by atoms with Crippen LogP contribution < -0.4 is 16.4 Å². The number of thioether (sulfide) groups is 1. The standard InChI is InChI=1S/C17H21N5O2S2/c1-8-17(2,3)26-15-13(14(24)22(8)15)21-12(23)7-19-9-4-5-10-11(6-9)25-16(18)20-10/h4-6,8,13,15,19H,7H2,1-3H3,(H2,18,20)(H,21,23)/t8-,13+,15+/m0/s1. The number of nitrogens with two attached hydrogens (primary N) is 1. The number of fused-ring (bicyclic) bond motifs is 2. The van der Waals surface area contributed by atoms with Crippen LogP contribution in [0, 0.1) is 0 Å². The van der Waals surface area contributed by atoms with Crippen LogP contribution in [0.15, 0.2) is 18.2 Å². The number of aromatic nitrogens is 1. The maximum atomic E-state index is 12.4. The van der Waals surface area contributed by atoms with Crippen molar-refractivity contribution in [1.29, 1.82) is 0 Å². The van der Waals surface area contributed by atoms with Crippen LogP contribution >= 0.6 is 23.1 Å². The second-order valence-corrected chi connectivity index (χ2v) is 10.00. The van der Waals surface area contributed by atoms with E-state index in [1.54, 1.807) is 11.8 Å². The Labute approximate surface area is 159 Å². The highest BCUT2D eigenvalue weighted by Crippen LogP contribution is 2.50. The average Bonchev–Trinajstić information content (AvgIpc) is 3.05. The molecule has 7 nitrogen and oxygen atoms in total. The minimum absolute atomic E-state index is 0.00402. The van der Waals surface area contributed by atoms with Crippen molar-refractivity contribution in [1.82, 2.24) is 15.2 Å². The molecule has 9 heteroatoms. The molecule has 2 aliphatic rings. The van der Waals surface area contributed by atoms with Gasteiger partial charge in [-0.1, -0.05) is 11.3 Å². The molecule has 1 aromatic carbocycles. The molecule has 0 aliphatic carbocycles. The van der Waals surface area contributed by atoms with E-state index < -0.39 is 6.04 Å². The second-order valence-electron chi connectivity index (χ2n) is 7.17. The Kier molecular flexibility index (Phi) is 4.03. The van der Waals surface area contributed by atoms with Gasteiger partial charge in [-0.05, 0) is 39.0 Å². The van der Waals surface area contributed by atoms with Gasteiger partial charge in [-0.25, -0.2) is 4.98 Å². The third-order valence-electron chi connectivity index (χ3n) is 5.10. The van der Waals surface area contributed by atoms with Gasteiger partial charge in [-0.15, -0.1) is 11.8 Å². The third kappa shape index (κ3) is 2.79. The number of thiazole rings is 1. The number of benzene rings is 1. The predicted molar refractivity (Wildman–Crippen MR) is 106 cm³/mol. The topological polar surface area (TPSA) is 100 Å². The highest BCUT2D eigenvalue weighted by Gasteiger charge is 2.60. The zero-order valence-corrected chi connectivity index (χ0v) is 16.4. The number of amides is 2. The summed E-state index contributed by atoms with van der Waals surface area (Å²) in [4.78, 5) is 30.7. The highest BCUT2D eigenvalue weighted by atomic mass is 32.2. The number of nitrogen functional groups attached to an aromatic ring is 1. The van der Waals surface area contributed by atoms with E-state index in [0.717, 1.165) is 15.9 Å². The lowest BCUT2D eigenvalue weighted by atomic mass is 9.97. The van der Waals surface area contributed by atoms with Crippen molar-refractivity contribution in [2.24, 2.45) is 0 Å². The summed E-state index contributed by atoms with van der Waals surface area (Å²) in [5, 5.41) is 6.51. The lowest BCUT2D eigenvalue weighted by molar-refractivity contribution is -0.150. The van der Waals surface area contributed by atoms with Gasteiger partial charge in [0, 0.05) is 16.5 Å². The van der Waals surface area contributed by atoms with Crippen molar-refractivity contribution in [2.45, 2.75) is 43.0 Å². The number of carbonyl (C=O) groups is 2. The molecule has 2 fully saturated rings. The van der Waals surface area contributed by atoms with Gasteiger partial charge in [0.15, 0.2) is 5.13 Å². The van der Waals surface area contributed by atoms with Crippen LogP contribution in [0.1, 0.15) is 20.8 Å². The Morgan fingerprint density at radius 2 is 2.19 bits per heavy atom. The van der Waals surface area contributed by atoms with Crippen LogP contribution in [0.4, 0.5) is 10.8 Å². The molecule has 0 unspecified atom stereocenters. The zero-order valence-electron chi connectivity index (χ0n) is 14.8. The summed E-state index contributed by atoms with van der Waals surface area (Å²) in [7, 11) is 0. The Balaban J connectivity index is 1.35. The maximum absolute atomic E-state index is 12.4. The second kappa shape index (κ2) is 6.02. The predicted octanol–water partition coefficient (Wildman–Crippen LogP) is 1.86. The first-order valence-corrected chi connectivity index (χ1v) is 10.2. The molecular weight excluding hydrogens is 370 g/mol. The van der Waals surface area contributed by atoms with Gasteiger partial charge in [0.1, 0.15) is 11.4 Å². The minimum atomic E-state index is -0.428. The van der Waals surface area contributed by atoms with Gasteiger partial charge in [0.25, 0.3) is 0 Å². The molecule has 3 atom stereocenters. The monoisotopic (exact) mass is 391 g/mol. The summed E-state index contributed by atoms with van der Waals surface area (Å²) in [5.74, 6) is -0.180. The Morgan fingerprint density at radius 1 is 1.42 bits per heavy atom. The number of nitrogens with one attached hydrogen (secondary N) is 2. The molecule has 1 aromatic heterocycles. The SMILES string of the molecule is C[C@@H]1N2C(=O)[C@@H](NC(=O)CNc3ccc4nc(N)sc4c3)[C@H]2SC1(C)C. The number of carbonyl (C=O) groups excluding carboxylic acids is 2. The molecule has 0 spiro atoms. The van der Waals surface area contributed by atoms with E-state index in [1.165, 1.54) is 11.3 Å². The van der Waals surface area contributed by atoms with E-state index in [-0.39, 0.29) is 34.5 Å². The third-order valence-corrected chi connectivity index (χ3v) is 7.64. The van der Waals surface area contributed by atoms with Gasteiger partial charge < -0.3 is 21.3 Å². The molecule has 2 aromatic rings. The van der Waals surface area contributed by atoms with Crippen LogP contribution in [-0.2, 0) is 9.59 Å². The van der Waals surface area contributed by atoms with Crippen LogP contribution in [0.25, 0.3) is 10.2 Å². The molecule has 0 bridgehead atoms. The van der Waals surface area contributed by atoms with E-state index >= 15 is 0 Å². The van der Waals surface area contributed by atoms with Crippen molar-refractivity contribution in [2.75, 3.05) is 17.6 Å². The summed E-state index contributed by atoms with van der Waals surface area (Å²) in [6, 6.07) is 5.40. The van der Waals surface area contributed by atoms with Crippen molar-refractivity contribution in [3.05, 3.63) is 18.2 Å². The number of β-lactam (4-membered cyclic amide) rings is 1. The molecular formula is C17H21N5O2S2. The quantitative estimate of drug-likeness (QED) is 0.688. The van der Waals surface area contributed by atoms with Gasteiger partial charge in [-0.2, -0.15) is 0 Å². The molecule has 3 heterocycles. The minimum Gasteiger partial charge on any atom is -0.376 e. The molecule has 2 amide bonds. The van der Waals surface area contributed by atoms with Gasteiger partial charge in [0.05, 0.1) is 16.8 Å². The molecule has 138 valence electrons. The van der Waals surface area contributed by atoms with E-state index in [1.807, 2.05) is 23.1 Å². The van der Waals surface area contributed by atoms with Crippen LogP contribution in [0.3, 0.4) is 0 Å². The first kappa shape index (κ1) is 17.4. The van der Waals surface area contributed by atoms with Crippen LogP contribution in [-0.4, -0.2) is 50.4 Å². The fraction of sp³-hybridized carbons (Fsp3) is 0.471. The van der Waals surface area contributed by atoms with Crippen molar-refractivity contribution in [3.8, 4) is 0 Å². The first-order chi connectivity index (χ1) is 12.3. The molecule has 4 N–H and O–H groups in total. The smallest absolute Gasteiger partial charge is 0.249 e. The number of rotatable bonds is 4. The molecule has 2 saturated heterocycles. The van der Waals surface area contributed by atoms with Crippen molar-refractivity contribution in [3.63, 3.8) is 0 Å². The molecule has 26 heavy (non-hydrogen) atoms. The van der Waals surface area contributed by atoms with E-state index in [0.29, 0.717) is 5.13 Å². The number of hydrogen-bond acceptors (Lipinski definition) is 7. The number of hydrogen-bond donors (Lipinski definition) is 3. The fourth-order valence-corrected chi connectivity index (χ4v) is 5.79. The van der Waals surface area contributed by atoms with E-state index in [2.05, 4.69) is 36.4 Å². The Hall–Kier alpha value is -2.00. The highest BCUT2D eigenvalue weighted by molar-refractivity contribution is 8.01. The van der Waals surface area contributed by atoms with E-state index in [9.17, 15) is 9.59 Å². The van der Waals surface area contributed by atoms with Crippen LogP contribution in [0.2, 0.25) is 0 Å². The lowest BCUT2D eigenvalue weighted by Crippen LogP contribution is -2.69. The van der Waals surface area contributed by atoms with Gasteiger partial charge in [0.2, 0.25) is 11.8 Å². The Morgan fingerprint density at radius 3 is 2.96 bits per heavy atom. The van der Waals surface area contributed by atoms with E-state index in [4.69, 9.17) is 5.73 Å². The summed E-state index contributed by atoms with van der Waals surface area (Å²) in [6.07, 6.45) is 0. The lowest BCUT2D eigenvalue weighted by Gasteiger charge is -2.44. The summed E-state index contributed by atoms with van der Waals surface area (Å²) < 4.78 is 0.973. The molecule has 0 saturated carbocycles. The van der Waals surface area contributed by atoms with Crippen molar-refractivity contribution >= 4 is 55.9 Å². The van der Waals surface area contributed by atoms with Crippen molar-refractivity contribution < 1.29 is 9.59 Å². The number of nitrogens with zero attached hydrogens (tertiary/aromatic N) is 2. The summed E-state index contributed by atoms with van der Waals surface area (Å²) in [5.41, 5.74) is 7.38. The van der Waals surface area contributed by atoms with Gasteiger partial charge >= 0.3 is 0 Å². The Bertz CT molecular complexity index is 896. The summed E-state index contributed by atoms with van der Waals surface area (Å²) >= 11 is 3.16. The molecule has 0 radical (unpaired) electrons. The first-order valence-electron chi connectivity index (χ1n) is 8.45. The largest absolute Gasteiger partial charge is 0.376 e.